The van der Waals surface area contributed by atoms with Gasteiger partial charge in [-0.05, 0) is 32.9 Å². The van der Waals surface area contributed by atoms with E-state index >= 15 is 0 Å². The van der Waals surface area contributed by atoms with Crippen molar-refractivity contribution in [3.8, 4) is 5.88 Å². The Labute approximate surface area is 100.0 Å². The van der Waals surface area contributed by atoms with Crippen molar-refractivity contribution in [3.63, 3.8) is 0 Å². The maximum atomic E-state index is 5.81. The first-order chi connectivity index (χ1) is 7.99. The summed E-state index contributed by atoms with van der Waals surface area (Å²) in [5.74, 6) is 6.23. The number of nitrogens with zero attached hydrogens (tertiary/aromatic N) is 2. The predicted molar refractivity (Wildman–Crippen MR) is 67.7 cm³/mol. The Hall–Kier alpha value is -1.88. The van der Waals surface area contributed by atoms with E-state index in [0.717, 1.165) is 10.9 Å². The number of para-hydroxylation sites is 1. The summed E-state index contributed by atoms with van der Waals surface area (Å²) >= 11 is 0. The van der Waals surface area contributed by atoms with Crippen molar-refractivity contribution < 1.29 is 4.74 Å². The first kappa shape index (κ1) is 11.6. The second-order valence-electron chi connectivity index (χ2n) is 4.73. The summed E-state index contributed by atoms with van der Waals surface area (Å²) in [7, 11) is 0. The number of fused-ring (bicyclic) bond motifs is 1. The minimum absolute atomic E-state index is 0.316. The van der Waals surface area contributed by atoms with E-state index in [1.807, 2.05) is 45.0 Å². The van der Waals surface area contributed by atoms with Gasteiger partial charge in [-0.25, -0.2) is 10.8 Å². The molecular weight excluding hydrogens is 216 g/mol. The van der Waals surface area contributed by atoms with Gasteiger partial charge >= 0.3 is 0 Å². The lowest BCUT2D eigenvalue weighted by Crippen LogP contribution is -2.24. The summed E-state index contributed by atoms with van der Waals surface area (Å²) in [6.07, 6.45) is 0. The molecule has 5 heteroatoms. The van der Waals surface area contributed by atoms with Gasteiger partial charge in [0.1, 0.15) is 5.60 Å². The number of anilines is 1. The highest BCUT2D eigenvalue weighted by atomic mass is 16.5. The van der Waals surface area contributed by atoms with Crippen molar-refractivity contribution in [1.82, 2.24) is 9.97 Å². The first-order valence-electron chi connectivity index (χ1n) is 5.42. The standard InChI is InChI=1S/C12H16N4O/c1-12(2,3)17-10-8-6-4-5-7-9(8)14-11(15-10)16-13/h4-7H,13H2,1-3H3,(H,14,15,16). The van der Waals surface area contributed by atoms with Crippen LogP contribution in [0.2, 0.25) is 0 Å². The number of hydrogen-bond donors (Lipinski definition) is 2. The molecule has 1 heterocycles. The molecule has 0 fully saturated rings. The van der Waals surface area contributed by atoms with E-state index in [9.17, 15) is 0 Å². The van der Waals surface area contributed by atoms with Crippen LogP contribution in [0.15, 0.2) is 24.3 Å². The summed E-state index contributed by atoms with van der Waals surface area (Å²) in [6, 6.07) is 7.66. The van der Waals surface area contributed by atoms with Gasteiger partial charge < -0.3 is 4.74 Å². The summed E-state index contributed by atoms with van der Waals surface area (Å²) < 4.78 is 5.81. The van der Waals surface area contributed by atoms with E-state index in [4.69, 9.17) is 10.6 Å². The Morgan fingerprint density at radius 1 is 1.18 bits per heavy atom. The van der Waals surface area contributed by atoms with Gasteiger partial charge in [0.25, 0.3) is 0 Å². The fourth-order valence-corrected chi connectivity index (χ4v) is 1.48. The lowest BCUT2D eigenvalue weighted by molar-refractivity contribution is 0.126. The average molecular weight is 232 g/mol. The Bertz CT molecular complexity index is 534. The molecule has 2 aromatic rings. The lowest BCUT2D eigenvalue weighted by Gasteiger charge is -2.21. The molecule has 0 aliphatic heterocycles. The number of ether oxygens (including phenoxy) is 1. The molecule has 0 spiro atoms. The largest absolute Gasteiger partial charge is 0.471 e. The second kappa shape index (κ2) is 4.18. The van der Waals surface area contributed by atoms with Crippen molar-refractivity contribution in [1.29, 1.82) is 0 Å². The van der Waals surface area contributed by atoms with Crippen LogP contribution in [0.5, 0.6) is 5.88 Å². The van der Waals surface area contributed by atoms with Gasteiger partial charge in [0.15, 0.2) is 0 Å². The van der Waals surface area contributed by atoms with Crippen LogP contribution >= 0.6 is 0 Å². The normalized spacial score (nSPS) is 11.5. The Balaban J connectivity index is 2.58. The van der Waals surface area contributed by atoms with Gasteiger partial charge in [0.05, 0.1) is 10.9 Å². The molecule has 90 valence electrons. The summed E-state index contributed by atoms with van der Waals surface area (Å²) in [5.41, 5.74) is 2.93. The van der Waals surface area contributed by atoms with Crippen LogP contribution in [-0.2, 0) is 0 Å². The molecule has 1 aromatic carbocycles. The highest BCUT2D eigenvalue weighted by molar-refractivity contribution is 5.84. The predicted octanol–water partition coefficient (Wildman–Crippen LogP) is 2.09. The van der Waals surface area contributed by atoms with Crippen molar-refractivity contribution >= 4 is 16.9 Å². The monoisotopic (exact) mass is 232 g/mol. The maximum absolute atomic E-state index is 5.81. The van der Waals surface area contributed by atoms with Crippen molar-refractivity contribution in [2.75, 3.05) is 5.43 Å². The van der Waals surface area contributed by atoms with E-state index in [1.165, 1.54) is 0 Å². The van der Waals surface area contributed by atoms with Gasteiger partial charge in [-0.2, -0.15) is 4.98 Å². The summed E-state index contributed by atoms with van der Waals surface area (Å²) in [5, 5.41) is 0.876. The molecule has 5 nitrogen and oxygen atoms in total. The number of benzene rings is 1. The van der Waals surface area contributed by atoms with E-state index in [-0.39, 0.29) is 5.60 Å². The molecule has 0 aliphatic carbocycles. The zero-order chi connectivity index (χ0) is 12.5. The third-order valence-corrected chi connectivity index (χ3v) is 2.10. The topological polar surface area (TPSA) is 73.1 Å². The van der Waals surface area contributed by atoms with Gasteiger partial charge in [-0.15, -0.1) is 0 Å². The van der Waals surface area contributed by atoms with Crippen molar-refractivity contribution in [2.24, 2.45) is 5.84 Å². The maximum Gasteiger partial charge on any atom is 0.241 e. The zero-order valence-electron chi connectivity index (χ0n) is 10.2. The third-order valence-electron chi connectivity index (χ3n) is 2.10. The Kier molecular flexibility index (Phi) is 2.85. The molecule has 1 aromatic heterocycles. The van der Waals surface area contributed by atoms with Gasteiger partial charge in [-0.1, -0.05) is 12.1 Å². The minimum Gasteiger partial charge on any atom is -0.471 e. The van der Waals surface area contributed by atoms with Gasteiger partial charge in [0, 0.05) is 0 Å². The first-order valence-corrected chi connectivity index (χ1v) is 5.42. The number of nitrogens with one attached hydrogen (secondary N) is 1. The van der Waals surface area contributed by atoms with Crippen LogP contribution in [-0.4, -0.2) is 15.6 Å². The highest BCUT2D eigenvalue weighted by Gasteiger charge is 2.16. The van der Waals surface area contributed by atoms with Crippen LogP contribution in [0.4, 0.5) is 5.95 Å². The van der Waals surface area contributed by atoms with Crippen LogP contribution in [0.3, 0.4) is 0 Å². The molecule has 3 N–H and O–H groups in total. The minimum atomic E-state index is -0.316. The molecule has 0 atom stereocenters. The number of hydrogen-bond acceptors (Lipinski definition) is 5. The molecule has 2 rings (SSSR count). The molecule has 0 aliphatic rings. The number of hydrazine groups is 1. The molecule has 0 amide bonds. The zero-order valence-corrected chi connectivity index (χ0v) is 10.2. The van der Waals surface area contributed by atoms with E-state index < -0.39 is 0 Å². The van der Waals surface area contributed by atoms with Crippen LogP contribution in [0.25, 0.3) is 10.9 Å². The smallest absolute Gasteiger partial charge is 0.241 e. The Morgan fingerprint density at radius 2 is 1.88 bits per heavy atom. The molecule has 0 bridgehead atoms. The van der Waals surface area contributed by atoms with Crippen LogP contribution in [0, 0.1) is 0 Å². The van der Waals surface area contributed by atoms with Crippen molar-refractivity contribution in [2.45, 2.75) is 26.4 Å². The van der Waals surface area contributed by atoms with Gasteiger partial charge in [-0.3, -0.25) is 5.43 Å². The van der Waals surface area contributed by atoms with Crippen LogP contribution in [0.1, 0.15) is 20.8 Å². The van der Waals surface area contributed by atoms with Crippen LogP contribution < -0.4 is 16.0 Å². The number of aromatic nitrogens is 2. The molecule has 17 heavy (non-hydrogen) atoms. The third kappa shape index (κ3) is 2.62. The second-order valence-corrected chi connectivity index (χ2v) is 4.73. The number of nitrogen functional groups attached to an aromatic ring is 1. The molecule has 0 unspecified atom stereocenters. The van der Waals surface area contributed by atoms with E-state index in [1.54, 1.807) is 0 Å². The summed E-state index contributed by atoms with van der Waals surface area (Å²) in [6.45, 7) is 5.91. The summed E-state index contributed by atoms with van der Waals surface area (Å²) in [4.78, 5) is 8.49. The number of rotatable bonds is 2. The quantitative estimate of drug-likeness (QED) is 0.612. The Morgan fingerprint density at radius 3 is 2.53 bits per heavy atom. The average Bonchev–Trinajstić information content (AvgIpc) is 2.26. The van der Waals surface area contributed by atoms with E-state index in [0.29, 0.717) is 11.8 Å². The lowest BCUT2D eigenvalue weighted by atomic mass is 10.2. The van der Waals surface area contributed by atoms with Gasteiger partial charge in [0.2, 0.25) is 11.8 Å². The SMILES string of the molecule is CC(C)(C)Oc1nc(NN)nc2ccccc12. The molecular formula is C12H16N4O. The fraction of sp³-hybridized carbons (Fsp3) is 0.333. The fourth-order valence-electron chi connectivity index (χ4n) is 1.48. The molecule has 0 saturated heterocycles. The molecule has 0 saturated carbocycles. The van der Waals surface area contributed by atoms with E-state index in [2.05, 4.69) is 15.4 Å². The van der Waals surface area contributed by atoms with Crippen molar-refractivity contribution in [3.05, 3.63) is 24.3 Å². The number of nitrogens with two attached hydrogens (primary N) is 1. The highest BCUT2D eigenvalue weighted by Crippen LogP contribution is 2.26. The molecule has 0 radical (unpaired) electrons.